The molecule has 0 saturated heterocycles. The average Bonchev–Trinajstić information content (AvgIpc) is 2.85. The maximum atomic E-state index is 10.9. The lowest BCUT2D eigenvalue weighted by atomic mass is 10.1. The summed E-state index contributed by atoms with van der Waals surface area (Å²) in [6.45, 7) is 5.08. The van der Waals surface area contributed by atoms with Gasteiger partial charge in [0.25, 0.3) is 0 Å². The minimum Gasteiger partial charge on any atom is -0.343 e. The third-order valence-corrected chi connectivity index (χ3v) is 3.78. The molecule has 2 heteroatoms. The van der Waals surface area contributed by atoms with Crippen LogP contribution in [0.15, 0.2) is 48.7 Å². The zero-order valence-corrected chi connectivity index (χ0v) is 11.8. The smallest absolute Gasteiger partial charge is 0.150 e. The topological polar surface area (TPSA) is 22.0 Å². The molecule has 0 unspecified atom stereocenters. The van der Waals surface area contributed by atoms with Crippen molar-refractivity contribution in [1.82, 2.24) is 4.57 Å². The first kappa shape index (κ1) is 12.7. The lowest BCUT2D eigenvalue weighted by Gasteiger charge is -2.10. The summed E-state index contributed by atoms with van der Waals surface area (Å²) in [6, 6.07) is 14.4. The van der Waals surface area contributed by atoms with Crippen molar-refractivity contribution in [2.45, 2.75) is 20.4 Å². The van der Waals surface area contributed by atoms with Gasteiger partial charge in [-0.05, 0) is 42.5 Å². The second kappa shape index (κ2) is 4.97. The lowest BCUT2D eigenvalue weighted by Crippen LogP contribution is -2.00. The van der Waals surface area contributed by atoms with E-state index in [0.29, 0.717) is 0 Å². The molecular formula is C18H17NO. The first-order chi connectivity index (χ1) is 9.67. The van der Waals surface area contributed by atoms with Crippen LogP contribution in [0, 0.1) is 13.8 Å². The fourth-order valence-corrected chi connectivity index (χ4v) is 2.57. The molecule has 0 N–H and O–H groups in total. The molecule has 2 nitrogen and oxygen atoms in total. The van der Waals surface area contributed by atoms with Gasteiger partial charge >= 0.3 is 0 Å². The van der Waals surface area contributed by atoms with E-state index < -0.39 is 0 Å². The Balaban J connectivity index is 2.06. The van der Waals surface area contributed by atoms with E-state index in [1.807, 2.05) is 18.2 Å². The van der Waals surface area contributed by atoms with Crippen molar-refractivity contribution in [1.29, 1.82) is 0 Å². The van der Waals surface area contributed by atoms with E-state index in [1.54, 1.807) is 0 Å². The van der Waals surface area contributed by atoms with E-state index in [1.165, 1.54) is 22.1 Å². The monoisotopic (exact) mass is 263 g/mol. The molecule has 0 radical (unpaired) electrons. The summed E-state index contributed by atoms with van der Waals surface area (Å²) in [7, 11) is 0. The molecule has 1 heterocycles. The molecule has 0 fully saturated rings. The molecule has 2 aromatic carbocycles. The fraction of sp³-hybridized carbons (Fsp3) is 0.167. The minimum absolute atomic E-state index is 0.721. The molecule has 1 aromatic heterocycles. The highest BCUT2D eigenvalue weighted by Gasteiger charge is 2.05. The third kappa shape index (κ3) is 2.25. The van der Waals surface area contributed by atoms with Crippen LogP contribution >= 0.6 is 0 Å². The molecule has 3 aromatic rings. The SMILES string of the molecule is Cc1ccc(C)c(Cn2ccc3ccc(C=O)cc32)c1. The van der Waals surface area contributed by atoms with Crippen LogP contribution in [0.5, 0.6) is 0 Å². The summed E-state index contributed by atoms with van der Waals surface area (Å²) in [5.41, 5.74) is 5.72. The maximum Gasteiger partial charge on any atom is 0.150 e. The lowest BCUT2D eigenvalue weighted by molar-refractivity contribution is 0.112. The Morgan fingerprint density at radius 3 is 2.70 bits per heavy atom. The zero-order valence-electron chi connectivity index (χ0n) is 11.8. The molecule has 0 aliphatic carbocycles. The van der Waals surface area contributed by atoms with Crippen molar-refractivity contribution >= 4 is 17.2 Å². The average molecular weight is 263 g/mol. The summed E-state index contributed by atoms with van der Waals surface area (Å²) >= 11 is 0. The van der Waals surface area contributed by atoms with Gasteiger partial charge in [0.15, 0.2) is 0 Å². The van der Waals surface area contributed by atoms with Gasteiger partial charge in [-0.3, -0.25) is 4.79 Å². The highest BCUT2D eigenvalue weighted by Crippen LogP contribution is 2.20. The summed E-state index contributed by atoms with van der Waals surface area (Å²) in [5.74, 6) is 0. The van der Waals surface area contributed by atoms with Gasteiger partial charge in [-0.2, -0.15) is 0 Å². The van der Waals surface area contributed by atoms with Gasteiger partial charge in [0.2, 0.25) is 0 Å². The predicted molar refractivity (Wildman–Crippen MR) is 82.3 cm³/mol. The number of hydrogen-bond donors (Lipinski definition) is 0. The van der Waals surface area contributed by atoms with Crippen LogP contribution in [0.1, 0.15) is 27.0 Å². The minimum atomic E-state index is 0.721. The molecule has 0 atom stereocenters. The molecule has 0 spiro atoms. The Labute approximate surface area is 118 Å². The first-order valence-corrected chi connectivity index (χ1v) is 6.77. The van der Waals surface area contributed by atoms with Gasteiger partial charge in [0, 0.05) is 23.8 Å². The Bertz CT molecular complexity index is 783. The van der Waals surface area contributed by atoms with E-state index in [0.717, 1.165) is 23.9 Å². The molecule has 20 heavy (non-hydrogen) atoms. The van der Waals surface area contributed by atoms with Gasteiger partial charge < -0.3 is 4.57 Å². The van der Waals surface area contributed by atoms with Crippen LogP contribution < -0.4 is 0 Å². The molecule has 3 rings (SSSR count). The van der Waals surface area contributed by atoms with Crippen LogP contribution in [-0.2, 0) is 6.54 Å². The van der Waals surface area contributed by atoms with Gasteiger partial charge in [-0.15, -0.1) is 0 Å². The number of carbonyl (C=O) groups excluding carboxylic acids is 1. The number of hydrogen-bond acceptors (Lipinski definition) is 1. The number of aromatic nitrogens is 1. The van der Waals surface area contributed by atoms with Gasteiger partial charge in [-0.25, -0.2) is 0 Å². The van der Waals surface area contributed by atoms with Crippen molar-refractivity contribution in [2.24, 2.45) is 0 Å². The number of aryl methyl sites for hydroxylation is 2. The van der Waals surface area contributed by atoms with E-state index >= 15 is 0 Å². The van der Waals surface area contributed by atoms with Gasteiger partial charge in [0.05, 0.1) is 0 Å². The van der Waals surface area contributed by atoms with Crippen LogP contribution in [-0.4, -0.2) is 10.9 Å². The molecule has 0 amide bonds. The number of nitrogens with zero attached hydrogens (tertiary/aromatic N) is 1. The van der Waals surface area contributed by atoms with E-state index in [4.69, 9.17) is 0 Å². The van der Waals surface area contributed by atoms with Crippen molar-refractivity contribution in [3.8, 4) is 0 Å². The maximum absolute atomic E-state index is 10.9. The standard InChI is InChI=1S/C18H17NO/c1-13-3-4-14(2)17(9-13)11-19-8-7-16-6-5-15(12-20)10-18(16)19/h3-10,12H,11H2,1-2H3. The molecule has 0 bridgehead atoms. The van der Waals surface area contributed by atoms with Crippen molar-refractivity contribution < 1.29 is 4.79 Å². The van der Waals surface area contributed by atoms with Crippen molar-refractivity contribution in [2.75, 3.05) is 0 Å². The highest BCUT2D eigenvalue weighted by molar-refractivity contribution is 5.87. The quantitative estimate of drug-likeness (QED) is 0.651. The van der Waals surface area contributed by atoms with Crippen LogP contribution in [0.2, 0.25) is 0 Å². The summed E-state index contributed by atoms with van der Waals surface area (Å²) < 4.78 is 2.20. The van der Waals surface area contributed by atoms with Gasteiger partial charge in [0.1, 0.15) is 6.29 Å². The second-order valence-corrected chi connectivity index (χ2v) is 5.31. The van der Waals surface area contributed by atoms with E-state index in [9.17, 15) is 4.79 Å². The third-order valence-electron chi connectivity index (χ3n) is 3.78. The summed E-state index contributed by atoms with van der Waals surface area (Å²) in [5, 5.41) is 1.17. The van der Waals surface area contributed by atoms with Gasteiger partial charge in [-0.1, -0.05) is 35.9 Å². The molecular weight excluding hydrogens is 246 g/mol. The number of aldehydes is 1. The first-order valence-electron chi connectivity index (χ1n) is 6.77. The summed E-state index contributed by atoms with van der Waals surface area (Å²) in [4.78, 5) is 10.9. The van der Waals surface area contributed by atoms with Crippen LogP contribution in [0.4, 0.5) is 0 Å². The number of fused-ring (bicyclic) bond motifs is 1. The Morgan fingerprint density at radius 2 is 1.90 bits per heavy atom. The fourth-order valence-electron chi connectivity index (χ4n) is 2.57. The van der Waals surface area contributed by atoms with Crippen molar-refractivity contribution in [3.05, 3.63) is 70.9 Å². The number of carbonyl (C=O) groups is 1. The predicted octanol–water partition coefficient (Wildman–Crippen LogP) is 4.12. The molecule has 100 valence electrons. The number of rotatable bonds is 3. The van der Waals surface area contributed by atoms with E-state index in [2.05, 4.69) is 48.9 Å². The normalized spacial score (nSPS) is 10.9. The molecule has 0 aliphatic rings. The zero-order chi connectivity index (χ0) is 14.1. The Kier molecular flexibility index (Phi) is 3.15. The van der Waals surface area contributed by atoms with Crippen molar-refractivity contribution in [3.63, 3.8) is 0 Å². The Hall–Kier alpha value is -2.35. The number of benzene rings is 2. The molecule has 0 aliphatic heterocycles. The van der Waals surface area contributed by atoms with E-state index in [-0.39, 0.29) is 0 Å². The summed E-state index contributed by atoms with van der Waals surface area (Å²) in [6.07, 6.45) is 2.98. The molecule has 0 saturated carbocycles. The second-order valence-electron chi connectivity index (χ2n) is 5.31. The van der Waals surface area contributed by atoms with Crippen LogP contribution in [0.3, 0.4) is 0 Å². The largest absolute Gasteiger partial charge is 0.343 e. The Morgan fingerprint density at radius 1 is 1.05 bits per heavy atom. The van der Waals surface area contributed by atoms with Crippen LogP contribution in [0.25, 0.3) is 10.9 Å². The highest BCUT2D eigenvalue weighted by atomic mass is 16.1.